The van der Waals surface area contributed by atoms with Crippen molar-refractivity contribution < 1.29 is 4.79 Å². The van der Waals surface area contributed by atoms with E-state index >= 15 is 0 Å². The first-order chi connectivity index (χ1) is 12.6. The van der Waals surface area contributed by atoms with E-state index in [1.54, 1.807) is 0 Å². The maximum Gasteiger partial charge on any atom is 0.315 e. The van der Waals surface area contributed by atoms with Gasteiger partial charge >= 0.3 is 6.03 Å². The van der Waals surface area contributed by atoms with Crippen LogP contribution in [0.25, 0.3) is 0 Å². The van der Waals surface area contributed by atoms with Crippen LogP contribution in [-0.4, -0.2) is 55.7 Å². The molecule has 4 aliphatic rings. The summed E-state index contributed by atoms with van der Waals surface area (Å²) in [6, 6.07) is 9.54. The lowest BCUT2D eigenvalue weighted by molar-refractivity contribution is 0.00573. The van der Waals surface area contributed by atoms with E-state index in [-0.39, 0.29) is 12.1 Å². The number of anilines is 1. The minimum atomic E-state index is -0.0344. The molecule has 5 rings (SSSR count). The topological polar surface area (TPSA) is 47.6 Å². The number of benzene rings is 1. The number of hydrogen-bond acceptors (Lipinski definition) is 3. The first kappa shape index (κ1) is 17.7. The number of piperidine rings is 3. The predicted molar refractivity (Wildman–Crippen MR) is 106 cm³/mol. The monoisotopic (exact) mass is 356 g/mol. The third-order valence-electron chi connectivity index (χ3n) is 6.37. The minimum absolute atomic E-state index is 0.0344. The van der Waals surface area contributed by atoms with Gasteiger partial charge in [-0.2, -0.15) is 0 Å². The number of para-hydroxylation sites is 1. The maximum absolute atomic E-state index is 11.9. The maximum atomic E-state index is 11.9. The molecule has 4 aliphatic heterocycles. The van der Waals surface area contributed by atoms with Crippen molar-refractivity contribution in [2.24, 2.45) is 11.8 Å². The van der Waals surface area contributed by atoms with Gasteiger partial charge in [0.2, 0.25) is 0 Å². The number of nitrogens with zero attached hydrogens (tertiary/aromatic N) is 2. The summed E-state index contributed by atoms with van der Waals surface area (Å²) in [5.41, 5.74) is 2.96. The van der Waals surface area contributed by atoms with Crippen molar-refractivity contribution in [2.75, 3.05) is 37.6 Å². The lowest BCUT2D eigenvalue weighted by Gasteiger charge is -2.50. The molecule has 0 aliphatic carbocycles. The van der Waals surface area contributed by atoms with Crippen LogP contribution in [0.1, 0.15) is 32.3 Å². The van der Waals surface area contributed by atoms with Gasteiger partial charge < -0.3 is 15.5 Å². The molecule has 4 atom stereocenters. The van der Waals surface area contributed by atoms with Crippen LogP contribution in [0, 0.1) is 11.8 Å². The largest absolute Gasteiger partial charge is 0.371 e. The van der Waals surface area contributed by atoms with Gasteiger partial charge in [0.25, 0.3) is 0 Å². The normalized spacial score (nSPS) is 29.7. The van der Waals surface area contributed by atoms with Gasteiger partial charge in [0, 0.05) is 44.0 Å². The van der Waals surface area contributed by atoms with Crippen LogP contribution in [0.15, 0.2) is 24.3 Å². The van der Waals surface area contributed by atoms with E-state index in [9.17, 15) is 4.79 Å². The summed E-state index contributed by atoms with van der Waals surface area (Å²) in [5.74, 6) is 1.56. The fraction of sp³-hybridized carbons (Fsp3) is 0.667. The van der Waals surface area contributed by atoms with Crippen molar-refractivity contribution in [1.29, 1.82) is 0 Å². The highest BCUT2D eigenvalue weighted by Crippen LogP contribution is 2.38. The van der Waals surface area contributed by atoms with Crippen LogP contribution in [0.4, 0.5) is 10.5 Å². The second-order valence-electron chi connectivity index (χ2n) is 8.53. The van der Waals surface area contributed by atoms with Crippen LogP contribution in [-0.2, 0) is 6.42 Å². The number of rotatable bonds is 5. The molecular weight excluding hydrogens is 324 g/mol. The Hall–Kier alpha value is -1.75. The average molecular weight is 357 g/mol. The zero-order chi connectivity index (χ0) is 18.1. The molecule has 3 fully saturated rings. The van der Waals surface area contributed by atoms with E-state index in [0.29, 0.717) is 6.04 Å². The number of carbonyl (C=O) groups is 1. The van der Waals surface area contributed by atoms with E-state index in [1.807, 2.05) is 13.8 Å². The zero-order valence-corrected chi connectivity index (χ0v) is 16.1. The Morgan fingerprint density at radius 2 is 2.12 bits per heavy atom. The highest BCUT2D eigenvalue weighted by molar-refractivity contribution is 5.74. The summed E-state index contributed by atoms with van der Waals surface area (Å²) >= 11 is 0. The van der Waals surface area contributed by atoms with Gasteiger partial charge in [-0.15, -0.1) is 0 Å². The lowest BCUT2D eigenvalue weighted by Crippen LogP contribution is -2.59. The summed E-state index contributed by atoms with van der Waals surface area (Å²) in [4.78, 5) is 17.1. The van der Waals surface area contributed by atoms with Crippen LogP contribution >= 0.6 is 0 Å². The van der Waals surface area contributed by atoms with Crippen LogP contribution in [0.3, 0.4) is 0 Å². The van der Waals surface area contributed by atoms with Crippen molar-refractivity contribution in [3.8, 4) is 0 Å². The molecule has 0 saturated carbocycles. The number of fused-ring (bicyclic) bond motifs is 4. The summed E-state index contributed by atoms with van der Waals surface area (Å²) in [6.45, 7) is 9.49. The van der Waals surface area contributed by atoms with Crippen LogP contribution in [0.5, 0.6) is 0 Å². The fourth-order valence-corrected chi connectivity index (χ4v) is 5.07. The summed E-state index contributed by atoms with van der Waals surface area (Å²) in [6.07, 6.45) is 3.73. The van der Waals surface area contributed by atoms with Gasteiger partial charge in [0.05, 0.1) is 0 Å². The molecule has 5 heteroatoms. The summed E-state index contributed by atoms with van der Waals surface area (Å²) in [7, 11) is 0. The minimum Gasteiger partial charge on any atom is -0.371 e. The van der Waals surface area contributed by atoms with Crippen molar-refractivity contribution >= 4 is 11.7 Å². The molecule has 3 saturated heterocycles. The van der Waals surface area contributed by atoms with Gasteiger partial charge in [0.15, 0.2) is 0 Å². The Balaban J connectivity index is 1.31. The van der Waals surface area contributed by atoms with E-state index in [0.717, 1.165) is 18.4 Å². The van der Waals surface area contributed by atoms with Crippen molar-refractivity contribution in [3.63, 3.8) is 0 Å². The highest BCUT2D eigenvalue weighted by Gasteiger charge is 2.41. The number of carbonyl (C=O) groups excluding carboxylic acids is 1. The molecule has 4 heterocycles. The average Bonchev–Trinajstić information content (AvgIpc) is 3.03. The molecule has 0 aromatic heterocycles. The Morgan fingerprint density at radius 3 is 2.88 bits per heavy atom. The number of nitrogens with one attached hydrogen (secondary N) is 2. The predicted octanol–water partition coefficient (Wildman–Crippen LogP) is 2.47. The second kappa shape index (κ2) is 7.47. The third-order valence-corrected chi connectivity index (χ3v) is 6.37. The molecule has 142 valence electrons. The molecule has 1 unspecified atom stereocenters. The number of hydrogen-bond donors (Lipinski definition) is 2. The zero-order valence-electron chi connectivity index (χ0n) is 16.1. The first-order valence-corrected chi connectivity index (χ1v) is 10.2. The van der Waals surface area contributed by atoms with E-state index in [2.05, 4.69) is 44.7 Å². The smallest absolute Gasteiger partial charge is 0.315 e. The molecular formula is C21H32N4O. The fourth-order valence-electron chi connectivity index (χ4n) is 5.07. The molecule has 1 aromatic rings. The van der Waals surface area contributed by atoms with Gasteiger partial charge in [-0.25, -0.2) is 4.79 Å². The van der Waals surface area contributed by atoms with Crippen LogP contribution in [0.2, 0.25) is 0 Å². The summed E-state index contributed by atoms with van der Waals surface area (Å²) in [5, 5.41) is 5.98. The van der Waals surface area contributed by atoms with Crippen LogP contribution < -0.4 is 15.5 Å². The molecule has 1 aromatic carbocycles. The first-order valence-electron chi connectivity index (χ1n) is 10.2. The molecule has 0 radical (unpaired) electrons. The van der Waals surface area contributed by atoms with Gasteiger partial charge in [-0.05, 0) is 63.1 Å². The molecule has 2 amide bonds. The van der Waals surface area contributed by atoms with Gasteiger partial charge in [-0.1, -0.05) is 18.2 Å². The number of amides is 2. The molecule has 5 nitrogen and oxygen atoms in total. The van der Waals surface area contributed by atoms with E-state index in [4.69, 9.17) is 0 Å². The van der Waals surface area contributed by atoms with E-state index < -0.39 is 0 Å². The highest BCUT2D eigenvalue weighted by atomic mass is 16.2. The number of urea groups is 1. The SMILES string of the molecule is CC(C)NC(=O)NC[C@H]1C[C@@H]2CCN1C[C@@H]2CN1CCc2ccccc21. The standard InChI is InChI=1S/C21H32N4O/c1-15(2)23-21(26)22-12-19-11-17-8-9-24(19)13-18(17)14-25-10-7-16-5-3-4-6-20(16)25/h3-6,15,17-19H,7-14H2,1-2H3,(H2,22,23,26)/t17-,18+,19+/m0/s1. The lowest BCUT2D eigenvalue weighted by atomic mass is 9.75. The molecule has 2 N–H and O–H groups in total. The third kappa shape index (κ3) is 3.68. The van der Waals surface area contributed by atoms with E-state index in [1.165, 1.54) is 56.7 Å². The van der Waals surface area contributed by atoms with Crippen molar-refractivity contribution in [1.82, 2.24) is 15.5 Å². The van der Waals surface area contributed by atoms with Crippen molar-refractivity contribution in [2.45, 2.75) is 45.2 Å². The molecule has 0 spiro atoms. The Labute approximate surface area is 157 Å². The van der Waals surface area contributed by atoms with Gasteiger partial charge in [0.1, 0.15) is 0 Å². The summed E-state index contributed by atoms with van der Waals surface area (Å²) < 4.78 is 0. The second-order valence-corrected chi connectivity index (χ2v) is 8.53. The van der Waals surface area contributed by atoms with Crippen molar-refractivity contribution in [3.05, 3.63) is 29.8 Å². The Morgan fingerprint density at radius 1 is 1.27 bits per heavy atom. The quantitative estimate of drug-likeness (QED) is 0.852. The van der Waals surface area contributed by atoms with Gasteiger partial charge in [-0.3, -0.25) is 4.90 Å². The molecule has 2 bridgehead atoms. The molecule has 26 heavy (non-hydrogen) atoms. The Bertz CT molecular complexity index is 647. The Kier molecular flexibility index (Phi) is 5.07.